The Morgan fingerprint density at radius 3 is 2.44 bits per heavy atom. The van der Waals surface area contributed by atoms with E-state index < -0.39 is 21.7 Å². The Balaban J connectivity index is 1.61. The molecule has 41 heavy (non-hydrogen) atoms. The summed E-state index contributed by atoms with van der Waals surface area (Å²) < 4.78 is 48.3. The summed E-state index contributed by atoms with van der Waals surface area (Å²) in [5.41, 5.74) is 5.15. The van der Waals surface area contributed by atoms with Gasteiger partial charge in [0.1, 0.15) is 22.8 Å². The first kappa shape index (κ1) is 26.3. The molecule has 0 atom stereocenters. The van der Waals surface area contributed by atoms with E-state index in [1.165, 1.54) is 42.7 Å². The average Bonchev–Trinajstić information content (AvgIpc) is 3.57. The number of hydrogen-bond acceptors (Lipinski definition) is 5. The van der Waals surface area contributed by atoms with Gasteiger partial charge in [-0.2, -0.15) is 0 Å². The number of hydrogen-bond donors (Lipinski definition) is 1. The Hall–Kier alpha value is -4.96. The van der Waals surface area contributed by atoms with Crippen molar-refractivity contribution in [3.8, 4) is 33.7 Å². The van der Waals surface area contributed by atoms with E-state index in [-0.39, 0.29) is 11.3 Å². The minimum Gasteiger partial charge on any atom is -0.455 e. The lowest BCUT2D eigenvalue weighted by atomic mass is 9.97. The molecule has 0 spiro atoms. The molecule has 0 aliphatic rings. The van der Waals surface area contributed by atoms with E-state index in [0.29, 0.717) is 27.8 Å². The van der Waals surface area contributed by atoms with Gasteiger partial charge < -0.3 is 14.1 Å². The van der Waals surface area contributed by atoms with Gasteiger partial charge in [0.15, 0.2) is 0 Å². The van der Waals surface area contributed by atoms with Crippen LogP contribution < -0.4 is 9.62 Å². The van der Waals surface area contributed by atoms with Crippen LogP contribution in [-0.2, 0) is 10.0 Å². The average molecular weight is 569 g/mol. The number of rotatable bonds is 6. The van der Waals surface area contributed by atoms with E-state index in [1.807, 2.05) is 59.3 Å². The number of carbonyl (C=O) groups is 1. The fourth-order valence-corrected chi connectivity index (χ4v) is 5.39. The van der Waals surface area contributed by atoms with Crippen LogP contribution in [0.4, 0.5) is 10.1 Å². The van der Waals surface area contributed by atoms with Crippen LogP contribution in [0.3, 0.4) is 0 Å². The van der Waals surface area contributed by atoms with Gasteiger partial charge >= 0.3 is 0 Å². The zero-order chi connectivity index (χ0) is 28.9. The number of furan rings is 1. The molecule has 1 amide bonds. The standard InChI is InChI=1S/C31H25FN4O4S/c1-33-31(37)29-24-16-23(20-7-6-8-21(15-20)25-18-36-14-5-4-9-28(36)34-25)26(35(2)41(3,38)39)17-27(24)40-30(29)19-10-12-22(32)13-11-19/h4-18H,1-3H3,(H,33,37). The Bertz CT molecular complexity index is 2030. The van der Waals surface area contributed by atoms with Crippen molar-refractivity contribution in [3.05, 3.63) is 103 Å². The number of fused-ring (bicyclic) bond motifs is 2. The van der Waals surface area contributed by atoms with Gasteiger partial charge in [0.05, 0.1) is 23.2 Å². The van der Waals surface area contributed by atoms with Gasteiger partial charge in [-0.3, -0.25) is 9.10 Å². The van der Waals surface area contributed by atoms with Gasteiger partial charge in [-0.05, 0) is 54.1 Å². The number of aromatic nitrogens is 2. The minimum atomic E-state index is -3.66. The topological polar surface area (TPSA) is 96.9 Å². The normalized spacial score (nSPS) is 11.7. The smallest absolute Gasteiger partial charge is 0.255 e. The van der Waals surface area contributed by atoms with E-state index in [4.69, 9.17) is 9.40 Å². The van der Waals surface area contributed by atoms with Crippen LogP contribution >= 0.6 is 0 Å². The number of nitrogens with one attached hydrogen (secondary N) is 1. The van der Waals surface area contributed by atoms with Crippen LogP contribution in [0.5, 0.6) is 0 Å². The van der Waals surface area contributed by atoms with Crippen LogP contribution in [-0.4, -0.2) is 44.1 Å². The SMILES string of the molecule is CNC(=O)c1c(-c2ccc(F)cc2)oc2cc(N(C)S(C)(=O)=O)c(-c3cccc(-c4cn5ccccc5n4)c3)cc12. The quantitative estimate of drug-likeness (QED) is 0.267. The van der Waals surface area contributed by atoms with E-state index in [0.717, 1.165) is 28.7 Å². The van der Waals surface area contributed by atoms with Crippen molar-refractivity contribution in [3.63, 3.8) is 0 Å². The molecule has 0 radical (unpaired) electrons. The lowest BCUT2D eigenvalue weighted by molar-refractivity contribution is 0.0964. The van der Waals surface area contributed by atoms with Crippen molar-refractivity contribution in [2.45, 2.75) is 0 Å². The second kappa shape index (κ2) is 9.90. The predicted molar refractivity (Wildman–Crippen MR) is 158 cm³/mol. The maximum atomic E-state index is 13.7. The van der Waals surface area contributed by atoms with Crippen LogP contribution in [0.15, 0.2) is 95.7 Å². The third kappa shape index (κ3) is 4.72. The highest BCUT2D eigenvalue weighted by Gasteiger charge is 2.26. The summed E-state index contributed by atoms with van der Waals surface area (Å²) in [4.78, 5) is 17.9. The molecule has 0 saturated carbocycles. The Kier molecular flexibility index (Phi) is 6.34. The number of nitrogens with zero attached hydrogens (tertiary/aromatic N) is 3. The summed E-state index contributed by atoms with van der Waals surface area (Å²) in [6.45, 7) is 0. The molecule has 206 valence electrons. The minimum absolute atomic E-state index is 0.253. The zero-order valence-corrected chi connectivity index (χ0v) is 23.2. The summed E-state index contributed by atoms with van der Waals surface area (Å²) in [6, 6.07) is 22.4. The van der Waals surface area contributed by atoms with Crippen molar-refractivity contribution < 1.29 is 22.0 Å². The number of imidazole rings is 1. The summed E-state index contributed by atoms with van der Waals surface area (Å²) >= 11 is 0. The summed E-state index contributed by atoms with van der Waals surface area (Å²) in [7, 11) is -0.679. The van der Waals surface area contributed by atoms with Crippen LogP contribution in [0.2, 0.25) is 0 Å². The van der Waals surface area contributed by atoms with Crippen molar-refractivity contribution in [2.24, 2.45) is 0 Å². The van der Waals surface area contributed by atoms with E-state index in [1.54, 1.807) is 12.1 Å². The van der Waals surface area contributed by atoms with Crippen LogP contribution in [0.1, 0.15) is 10.4 Å². The number of sulfonamides is 1. The van der Waals surface area contributed by atoms with Crippen LogP contribution in [0, 0.1) is 5.82 Å². The van der Waals surface area contributed by atoms with Gasteiger partial charge in [-0.1, -0.05) is 24.3 Å². The van der Waals surface area contributed by atoms with Crippen molar-refractivity contribution in [1.29, 1.82) is 0 Å². The second-order valence-corrected chi connectivity index (χ2v) is 11.7. The van der Waals surface area contributed by atoms with Crippen molar-refractivity contribution in [2.75, 3.05) is 24.7 Å². The molecular formula is C31H25FN4O4S. The van der Waals surface area contributed by atoms with Crippen molar-refractivity contribution >= 4 is 38.2 Å². The summed E-state index contributed by atoms with van der Waals surface area (Å²) in [6.07, 6.45) is 4.97. The predicted octanol–water partition coefficient (Wildman–Crippen LogP) is 5.98. The third-order valence-corrected chi connectivity index (χ3v) is 8.23. The van der Waals surface area contributed by atoms with E-state index in [2.05, 4.69) is 5.32 Å². The van der Waals surface area contributed by atoms with E-state index >= 15 is 0 Å². The molecule has 0 fully saturated rings. The molecule has 0 saturated heterocycles. The van der Waals surface area contributed by atoms with Gasteiger partial charge in [0.2, 0.25) is 10.0 Å². The Morgan fingerprint density at radius 1 is 0.976 bits per heavy atom. The number of pyridine rings is 1. The first-order valence-corrected chi connectivity index (χ1v) is 14.6. The molecule has 8 nitrogen and oxygen atoms in total. The largest absolute Gasteiger partial charge is 0.455 e. The molecule has 0 bridgehead atoms. The molecule has 0 aliphatic heterocycles. The molecule has 0 unspecified atom stereocenters. The zero-order valence-electron chi connectivity index (χ0n) is 22.4. The Labute approximate surface area is 235 Å². The molecule has 10 heteroatoms. The monoisotopic (exact) mass is 568 g/mol. The molecule has 6 aromatic rings. The molecule has 3 aromatic carbocycles. The first-order chi connectivity index (χ1) is 19.6. The first-order valence-electron chi connectivity index (χ1n) is 12.7. The number of carbonyl (C=O) groups excluding carboxylic acids is 1. The highest BCUT2D eigenvalue weighted by Crippen LogP contribution is 2.42. The molecular weight excluding hydrogens is 543 g/mol. The summed E-state index contributed by atoms with van der Waals surface area (Å²) in [5.74, 6) is -0.559. The second-order valence-electron chi connectivity index (χ2n) is 9.66. The molecule has 6 rings (SSSR count). The van der Waals surface area contributed by atoms with Gasteiger partial charge in [-0.25, -0.2) is 17.8 Å². The lowest BCUT2D eigenvalue weighted by Crippen LogP contribution is -2.25. The van der Waals surface area contributed by atoms with Gasteiger partial charge in [-0.15, -0.1) is 0 Å². The summed E-state index contributed by atoms with van der Waals surface area (Å²) in [5, 5.41) is 3.14. The lowest BCUT2D eigenvalue weighted by Gasteiger charge is -2.21. The number of benzene rings is 3. The highest BCUT2D eigenvalue weighted by molar-refractivity contribution is 7.92. The molecule has 0 aliphatic carbocycles. The molecule has 1 N–H and O–H groups in total. The van der Waals surface area contributed by atoms with Crippen molar-refractivity contribution in [1.82, 2.24) is 14.7 Å². The number of amides is 1. The van der Waals surface area contributed by atoms with E-state index in [9.17, 15) is 17.6 Å². The maximum Gasteiger partial charge on any atom is 0.255 e. The Morgan fingerprint density at radius 2 is 1.73 bits per heavy atom. The number of anilines is 1. The van der Waals surface area contributed by atoms with Gasteiger partial charge in [0, 0.05) is 54.6 Å². The number of halogens is 1. The van der Waals surface area contributed by atoms with Crippen LogP contribution in [0.25, 0.3) is 50.3 Å². The highest BCUT2D eigenvalue weighted by atomic mass is 32.2. The van der Waals surface area contributed by atoms with Gasteiger partial charge in [0.25, 0.3) is 5.91 Å². The fraction of sp³-hybridized carbons (Fsp3) is 0.0968. The third-order valence-electron chi connectivity index (χ3n) is 7.04. The molecule has 3 aromatic heterocycles. The maximum absolute atomic E-state index is 13.7. The fourth-order valence-electron chi connectivity index (χ4n) is 4.88. The molecule has 3 heterocycles.